The number of carbonyl (C=O) groups excluding carboxylic acids is 4. The monoisotopic (exact) mass is 811 g/mol. The van der Waals surface area contributed by atoms with E-state index >= 15 is 9.59 Å². The fourth-order valence-electron chi connectivity index (χ4n) is 10.3. The second kappa shape index (κ2) is 13.6. The summed E-state index contributed by atoms with van der Waals surface area (Å²) in [4.78, 5) is 86.0. The van der Waals surface area contributed by atoms with Crippen molar-refractivity contribution in [3.05, 3.63) is 151 Å². The fraction of sp³-hybridized carbons (Fsp3) is 0.227. The minimum atomic E-state index is -1.65. The molecular formula is C44H34ClN5O9. The van der Waals surface area contributed by atoms with Gasteiger partial charge < -0.3 is 10.0 Å². The molecule has 0 aromatic heterocycles. The number of nitro benzene ring substituents is 2. The molecule has 2 heterocycles. The van der Waals surface area contributed by atoms with Crippen LogP contribution in [0.4, 0.5) is 28.4 Å². The van der Waals surface area contributed by atoms with Crippen LogP contribution in [0.5, 0.6) is 5.75 Å². The van der Waals surface area contributed by atoms with Crippen molar-refractivity contribution in [3.63, 3.8) is 0 Å². The van der Waals surface area contributed by atoms with Crippen LogP contribution in [0.25, 0.3) is 10.8 Å². The van der Waals surface area contributed by atoms with E-state index in [1.807, 2.05) is 24.3 Å². The number of anilines is 3. The van der Waals surface area contributed by atoms with Gasteiger partial charge in [0, 0.05) is 48.1 Å². The average molecular weight is 812 g/mol. The molecule has 0 spiro atoms. The Labute approximate surface area is 341 Å². The zero-order valence-electron chi connectivity index (χ0n) is 31.5. The summed E-state index contributed by atoms with van der Waals surface area (Å²) in [5.41, 5.74) is -1.92. The normalized spacial score (nSPS) is 24.8. The Morgan fingerprint density at radius 1 is 0.763 bits per heavy atom. The molecule has 2 aliphatic heterocycles. The number of nitro groups is 2. The van der Waals surface area contributed by atoms with Gasteiger partial charge in [-0.15, -0.1) is 0 Å². The minimum absolute atomic E-state index is 0.0120. The maximum Gasteiger partial charge on any atom is 0.301 e. The van der Waals surface area contributed by atoms with Crippen molar-refractivity contribution >= 4 is 74.4 Å². The summed E-state index contributed by atoms with van der Waals surface area (Å²) < 4.78 is 0. The summed E-state index contributed by atoms with van der Waals surface area (Å²) in [5, 5.41) is 38.3. The van der Waals surface area contributed by atoms with Crippen molar-refractivity contribution in [1.82, 2.24) is 0 Å². The average Bonchev–Trinajstić information content (AvgIpc) is 3.61. The van der Waals surface area contributed by atoms with Crippen LogP contribution in [-0.2, 0) is 24.6 Å². The highest BCUT2D eigenvalue weighted by atomic mass is 35.5. The van der Waals surface area contributed by atoms with E-state index in [0.29, 0.717) is 27.1 Å². The number of hydrogen-bond donors (Lipinski definition) is 1. The van der Waals surface area contributed by atoms with E-state index in [-0.39, 0.29) is 35.7 Å². The number of nitrogens with zero attached hydrogens (tertiary/aromatic N) is 5. The molecule has 296 valence electrons. The zero-order chi connectivity index (χ0) is 41.7. The minimum Gasteiger partial charge on any atom is -0.507 e. The lowest BCUT2D eigenvalue weighted by molar-refractivity contribution is -0.392. The summed E-state index contributed by atoms with van der Waals surface area (Å²) in [6.07, 6.45) is 1.78. The smallest absolute Gasteiger partial charge is 0.301 e. The second-order valence-electron chi connectivity index (χ2n) is 15.6. The van der Waals surface area contributed by atoms with Crippen molar-refractivity contribution in [2.75, 3.05) is 28.8 Å². The van der Waals surface area contributed by atoms with Crippen LogP contribution in [0.1, 0.15) is 29.9 Å². The first-order chi connectivity index (χ1) is 28.3. The first-order valence-electron chi connectivity index (χ1n) is 18.9. The highest BCUT2D eigenvalue weighted by Crippen LogP contribution is 2.65. The van der Waals surface area contributed by atoms with Crippen molar-refractivity contribution in [2.45, 2.75) is 24.2 Å². The van der Waals surface area contributed by atoms with Crippen molar-refractivity contribution in [3.8, 4) is 5.75 Å². The van der Waals surface area contributed by atoms with Gasteiger partial charge >= 0.3 is 11.4 Å². The molecule has 0 radical (unpaired) electrons. The molecule has 59 heavy (non-hydrogen) atoms. The van der Waals surface area contributed by atoms with E-state index in [0.717, 1.165) is 27.3 Å². The van der Waals surface area contributed by atoms with Gasteiger partial charge in [-0.3, -0.25) is 39.4 Å². The zero-order valence-corrected chi connectivity index (χ0v) is 32.3. The molecule has 14 nitrogen and oxygen atoms in total. The Balaban J connectivity index is 1.26. The van der Waals surface area contributed by atoms with E-state index in [4.69, 9.17) is 11.6 Å². The van der Waals surface area contributed by atoms with E-state index in [2.05, 4.69) is 0 Å². The maximum atomic E-state index is 15.6. The summed E-state index contributed by atoms with van der Waals surface area (Å²) in [7, 11) is 2.82. The van der Waals surface area contributed by atoms with Gasteiger partial charge in [0.25, 0.3) is 0 Å². The second-order valence-corrected chi connectivity index (χ2v) is 16.0. The molecule has 0 bridgehead atoms. The SMILES string of the molecule is CN(C)c1c([N+](=O)[O-])cc(N2C(=O)[C@H]3[C@H](CC=C4[C@H]3C[C@H]3C(=O)N(c5cccc(Cl)c5)C(=O)[C@@]3(c3ccccc3)[C@H]4c3ccc4ccccc4c3O)C2=O)cc1[N+](=O)[O-]. The van der Waals surface area contributed by atoms with Crippen molar-refractivity contribution < 1.29 is 34.1 Å². The Hall–Kier alpha value is -6.93. The molecular weight excluding hydrogens is 778 g/mol. The fourth-order valence-corrected chi connectivity index (χ4v) is 10.5. The number of aromatic hydroxyl groups is 1. The highest BCUT2D eigenvalue weighted by molar-refractivity contribution is 6.32. The number of rotatable bonds is 7. The van der Waals surface area contributed by atoms with E-state index < -0.39 is 79.9 Å². The molecule has 15 heteroatoms. The van der Waals surface area contributed by atoms with Gasteiger partial charge in [-0.05, 0) is 47.9 Å². The Kier molecular flexibility index (Phi) is 8.67. The molecule has 5 aromatic carbocycles. The Bertz CT molecular complexity index is 2700. The van der Waals surface area contributed by atoms with Crippen molar-refractivity contribution in [1.29, 1.82) is 0 Å². The molecule has 5 aromatic rings. The number of amides is 4. The van der Waals surface area contributed by atoms with Crippen LogP contribution in [0.3, 0.4) is 0 Å². The van der Waals surface area contributed by atoms with Gasteiger partial charge in [0.1, 0.15) is 5.75 Å². The molecule has 2 saturated heterocycles. The van der Waals surface area contributed by atoms with Gasteiger partial charge in [-0.25, -0.2) is 9.80 Å². The number of phenols is 1. The summed E-state index contributed by atoms with van der Waals surface area (Å²) in [5.74, 6) is -7.73. The van der Waals surface area contributed by atoms with Gasteiger partial charge in [0.05, 0.1) is 44.4 Å². The molecule has 9 rings (SSSR count). The summed E-state index contributed by atoms with van der Waals surface area (Å²) in [6, 6.07) is 28.0. The van der Waals surface area contributed by atoms with Gasteiger partial charge in [0.15, 0.2) is 5.69 Å². The van der Waals surface area contributed by atoms with Crippen LogP contribution < -0.4 is 14.7 Å². The van der Waals surface area contributed by atoms with Crippen LogP contribution in [0.2, 0.25) is 5.02 Å². The number of hydrogen-bond acceptors (Lipinski definition) is 10. The lowest BCUT2D eigenvalue weighted by atomic mass is 9.49. The molecule has 1 saturated carbocycles. The number of phenolic OH excluding ortho intramolecular Hbond substituents is 1. The number of carbonyl (C=O) groups is 4. The van der Waals surface area contributed by atoms with Gasteiger partial charge in [0.2, 0.25) is 23.6 Å². The summed E-state index contributed by atoms with van der Waals surface area (Å²) >= 11 is 6.41. The molecule has 4 amide bonds. The summed E-state index contributed by atoms with van der Waals surface area (Å²) in [6.45, 7) is 0. The molecule has 4 aliphatic rings. The number of halogens is 1. The largest absolute Gasteiger partial charge is 0.507 e. The van der Waals surface area contributed by atoms with Crippen LogP contribution in [-0.4, -0.2) is 52.7 Å². The number of allylic oxidation sites excluding steroid dienone is 2. The third-order valence-electron chi connectivity index (χ3n) is 12.6. The number of fused-ring (bicyclic) bond motifs is 5. The lowest BCUT2D eigenvalue weighted by Gasteiger charge is -2.50. The Morgan fingerprint density at radius 2 is 1.44 bits per heavy atom. The molecule has 1 N–H and O–H groups in total. The molecule has 3 fully saturated rings. The topological polar surface area (TPSA) is 185 Å². The van der Waals surface area contributed by atoms with E-state index in [1.54, 1.807) is 66.7 Å². The van der Waals surface area contributed by atoms with E-state index in [1.165, 1.54) is 25.1 Å². The number of benzene rings is 5. The highest BCUT2D eigenvalue weighted by Gasteiger charge is 2.70. The number of imide groups is 2. The van der Waals surface area contributed by atoms with E-state index in [9.17, 15) is 34.9 Å². The molecule has 0 unspecified atom stereocenters. The first kappa shape index (κ1) is 37.6. The predicted octanol–water partition coefficient (Wildman–Crippen LogP) is 7.45. The van der Waals surface area contributed by atoms with Crippen molar-refractivity contribution in [2.24, 2.45) is 23.7 Å². The molecule has 6 atom stereocenters. The van der Waals surface area contributed by atoms with Gasteiger partial charge in [-0.1, -0.05) is 96.0 Å². The quantitative estimate of drug-likeness (QED) is 0.0750. The maximum absolute atomic E-state index is 15.6. The van der Waals surface area contributed by atoms with Crippen LogP contribution in [0.15, 0.2) is 115 Å². The van der Waals surface area contributed by atoms with Crippen LogP contribution in [0, 0.1) is 43.9 Å². The Morgan fingerprint density at radius 3 is 2.10 bits per heavy atom. The standard InChI is InChI=1S/C44H34ClN5O9/c1-46(2)38-34(49(56)57)20-27(21-35(38)50(58)59)47-40(52)30-18-17-29-32(36(30)42(47)54)22-33-41(53)48(26-13-8-12-25(45)19-26)43(55)44(33,24-10-4-3-5-11-24)37(29)31-16-15-23-9-6-7-14-28(23)39(31)51/h3-17,19-21,30,32-33,36-37,51H,18,22H2,1-2H3/t30-,32+,33-,36-,37+,44+/m0/s1. The molecule has 2 aliphatic carbocycles. The third kappa shape index (κ3) is 5.32. The lowest BCUT2D eigenvalue weighted by Crippen LogP contribution is -2.53. The van der Waals surface area contributed by atoms with Gasteiger partial charge in [-0.2, -0.15) is 0 Å². The first-order valence-corrected chi connectivity index (χ1v) is 19.3. The predicted molar refractivity (Wildman–Crippen MR) is 218 cm³/mol. The third-order valence-corrected chi connectivity index (χ3v) is 12.8. The van der Waals surface area contributed by atoms with Crippen LogP contribution >= 0.6 is 11.6 Å².